The largest absolute Gasteiger partial charge is 0.310 e. The van der Waals surface area contributed by atoms with Gasteiger partial charge in [-0.1, -0.05) is 135 Å². The van der Waals surface area contributed by atoms with Crippen LogP contribution in [0.3, 0.4) is 0 Å². The molecule has 10 aromatic rings. The number of thiophene rings is 1. The molecule has 1 heterocycles. The molecule has 53 heavy (non-hydrogen) atoms. The highest BCUT2D eigenvalue weighted by atomic mass is 32.1. The van der Waals surface area contributed by atoms with Crippen molar-refractivity contribution in [1.82, 2.24) is 0 Å². The number of rotatable bonds is 4. The number of benzene rings is 9. The lowest BCUT2D eigenvalue weighted by molar-refractivity contribution is 0.660. The Kier molecular flexibility index (Phi) is 6.53. The second-order valence-electron chi connectivity index (χ2n) is 14.9. The minimum atomic E-state index is -0.0330. The quantitative estimate of drug-likeness (QED) is 0.166. The van der Waals surface area contributed by atoms with Crippen LogP contribution in [0.4, 0.5) is 17.1 Å². The molecule has 0 saturated carbocycles. The van der Waals surface area contributed by atoms with E-state index in [1.807, 2.05) is 11.3 Å². The SMILES string of the molecule is CC1(C)c2ccccc2-c2ccc(-c3ccc(N(c4ccc5sc6ccccc6c5c4)c4ccc5c6ccccc6c6ccccc6c5c4)cc3)cc21. The maximum Gasteiger partial charge on any atom is 0.0468 e. The van der Waals surface area contributed by atoms with Crippen molar-refractivity contribution in [1.29, 1.82) is 0 Å². The molecule has 0 N–H and O–H groups in total. The van der Waals surface area contributed by atoms with Crippen LogP contribution in [0.5, 0.6) is 0 Å². The molecule has 0 fully saturated rings. The third-order valence-electron chi connectivity index (χ3n) is 11.6. The van der Waals surface area contributed by atoms with E-state index in [0.717, 1.165) is 17.1 Å². The Morgan fingerprint density at radius 1 is 0.358 bits per heavy atom. The first kappa shape index (κ1) is 30.4. The van der Waals surface area contributed by atoms with E-state index in [4.69, 9.17) is 0 Å². The lowest BCUT2D eigenvalue weighted by Gasteiger charge is -2.27. The molecule has 0 amide bonds. The minimum Gasteiger partial charge on any atom is -0.310 e. The third kappa shape index (κ3) is 4.56. The van der Waals surface area contributed by atoms with Gasteiger partial charge in [0.1, 0.15) is 0 Å². The lowest BCUT2D eigenvalue weighted by atomic mass is 9.81. The number of hydrogen-bond donors (Lipinski definition) is 0. The summed E-state index contributed by atoms with van der Waals surface area (Å²) in [6.45, 7) is 4.71. The van der Waals surface area contributed by atoms with E-state index in [9.17, 15) is 0 Å². The highest BCUT2D eigenvalue weighted by molar-refractivity contribution is 7.25. The van der Waals surface area contributed by atoms with Gasteiger partial charge in [0.25, 0.3) is 0 Å². The molecule has 0 spiro atoms. The predicted octanol–water partition coefficient (Wildman–Crippen LogP) is 15.0. The topological polar surface area (TPSA) is 3.24 Å². The van der Waals surface area contributed by atoms with Gasteiger partial charge in [-0.2, -0.15) is 0 Å². The van der Waals surface area contributed by atoms with Gasteiger partial charge < -0.3 is 4.90 Å². The second-order valence-corrected chi connectivity index (χ2v) is 16.0. The molecule has 0 atom stereocenters. The lowest BCUT2D eigenvalue weighted by Crippen LogP contribution is -2.14. The van der Waals surface area contributed by atoms with Gasteiger partial charge in [-0.05, 0) is 120 Å². The highest BCUT2D eigenvalue weighted by Gasteiger charge is 2.35. The van der Waals surface area contributed by atoms with Crippen LogP contribution in [0.2, 0.25) is 0 Å². The van der Waals surface area contributed by atoms with Crippen LogP contribution < -0.4 is 4.90 Å². The van der Waals surface area contributed by atoms with Crippen LogP contribution in [0, 0.1) is 0 Å². The summed E-state index contributed by atoms with van der Waals surface area (Å²) in [5.41, 5.74) is 11.4. The van der Waals surface area contributed by atoms with E-state index >= 15 is 0 Å². The summed E-state index contributed by atoms with van der Waals surface area (Å²) in [6.07, 6.45) is 0. The molecule has 11 rings (SSSR count). The van der Waals surface area contributed by atoms with Gasteiger partial charge >= 0.3 is 0 Å². The molecule has 0 bridgehead atoms. The van der Waals surface area contributed by atoms with Gasteiger partial charge in [0.05, 0.1) is 0 Å². The van der Waals surface area contributed by atoms with Crippen molar-refractivity contribution in [2.75, 3.05) is 4.90 Å². The molecular weight excluding hydrogens is 659 g/mol. The summed E-state index contributed by atoms with van der Waals surface area (Å²) < 4.78 is 2.63. The zero-order valence-corrected chi connectivity index (χ0v) is 30.4. The van der Waals surface area contributed by atoms with Gasteiger partial charge in [0.15, 0.2) is 0 Å². The van der Waals surface area contributed by atoms with E-state index in [1.54, 1.807) is 0 Å². The molecule has 0 saturated heterocycles. The first-order chi connectivity index (χ1) is 26.0. The summed E-state index contributed by atoms with van der Waals surface area (Å²) in [5, 5.41) is 10.3. The number of fused-ring (bicyclic) bond motifs is 12. The van der Waals surface area contributed by atoms with E-state index in [1.165, 1.54) is 85.9 Å². The van der Waals surface area contributed by atoms with Gasteiger partial charge in [0.2, 0.25) is 0 Å². The standard InChI is InChI=1S/C51H35NS/c1-51(2)47-17-9-7-15-42(47)43-26-21-33(29-48(43)51)32-19-22-34(23-20-32)52(36-25-28-50-46(31-36)44-16-8-10-18-49(44)53-50)35-24-27-41-39-13-4-3-11-37(39)38-12-5-6-14-40(38)45(41)30-35/h3-31H,1-2H3. The molecule has 250 valence electrons. The van der Waals surface area contributed by atoms with Gasteiger partial charge in [-0.25, -0.2) is 0 Å². The molecule has 9 aromatic carbocycles. The van der Waals surface area contributed by atoms with Crippen LogP contribution in [-0.2, 0) is 5.41 Å². The van der Waals surface area contributed by atoms with E-state index in [-0.39, 0.29) is 5.41 Å². The van der Waals surface area contributed by atoms with Gasteiger partial charge in [-0.3, -0.25) is 0 Å². The first-order valence-electron chi connectivity index (χ1n) is 18.4. The Bertz CT molecular complexity index is 3060. The maximum absolute atomic E-state index is 2.43. The molecule has 2 heteroatoms. The molecule has 1 aromatic heterocycles. The Labute approximate surface area is 313 Å². The van der Waals surface area contributed by atoms with E-state index < -0.39 is 0 Å². The molecule has 1 aliphatic carbocycles. The van der Waals surface area contributed by atoms with Crippen molar-refractivity contribution < 1.29 is 0 Å². The fourth-order valence-electron chi connectivity index (χ4n) is 9.02. The Hall–Kier alpha value is -6.22. The summed E-state index contributed by atoms with van der Waals surface area (Å²) in [7, 11) is 0. The number of hydrogen-bond acceptors (Lipinski definition) is 2. The third-order valence-corrected chi connectivity index (χ3v) is 12.8. The van der Waals surface area contributed by atoms with Crippen molar-refractivity contribution in [2.45, 2.75) is 19.3 Å². The Morgan fingerprint density at radius 2 is 0.868 bits per heavy atom. The maximum atomic E-state index is 2.43. The van der Waals surface area contributed by atoms with Crippen LogP contribution in [-0.4, -0.2) is 0 Å². The molecule has 1 aliphatic rings. The van der Waals surface area contributed by atoms with Crippen molar-refractivity contribution in [3.8, 4) is 22.3 Å². The number of nitrogens with zero attached hydrogens (tertiary/aromatic N) is 1. The molecule has 0 radical (unpaired) electrons. The van der Waals surface area contributed by atoms with Crippen molar-refractivity contribution in [2.24, 2.45) is 0 Å². The number of anilines is 3. The van der Waals surface area contributed by atoms with E-state index in [2.05, 4.69) is 195 Å². The average molecular weight is 694 g/mol. The molecule has 0 unspecified atom stereocenters. The monoisotopic (exact) mass is 693 g/mol. The smallest absolute Gasteiger partial charge is 0.0468 e. The average Bonchev–Trinajstić information content (AvgIpc) is 3.69. The zero-order chi connectivity index (χ0) is 35.3. The fraction of sp³-hybridized carbons (Fsp3) is 0.0588. The van der Waals surface area contributed by atoms with Crippen LogP contribution >= 0.6 is 11.3 Å². The second kappa shape index (κ2) is 11.4. The van der Waals surface area contributed by atoms with Gasteiger partial charge in [-0.15, -0.1) is 11.3 Å². The minimum absolute atomic E-state index is 0.0330. The molecular formula is C51H35NS. The Balaban J connectivity index is 1.08. The zero-order valence-electron chi connectivity index (χ0n) is 29.6. The summed E-state index contributed by atoms with van der Waals surface area (Å²) in [4.78, 5) is 2.43. The first-order valence-corrected chi connectivity index (χ1v) is 19.2. The van der Waals surface area contributed by atoms with Crippen LogP contribution in [0.1, 0.15) is 25.0 Å². The van der Waals surface area contributed by atoms with Gasteiger partial charge in [0, 0.05) is 42.6 Å². The summed E-state index contributed by atoms with van der Waals surface area (Å²) in [6, 6.07) is 65.5. The van der Waals surface area contributed by atoms with Crippen molar-refractivity contribution in [3.63, 3.8) is 0 Å². The summed E-state index contributed by atoms with van der Waals surface area (Å²) in [5.74, 6) is 0. The van der Waals surface area contributed by atoms with Crippen molar-refractivity contribution in [3.05, 3.63) is 187 Å². The van der Waals surface area contributed by atoms with E-state index in [0.29, 0.717) is 0 Å². The fourth-order valence-corrected chi connectivity index (χ4v) is 10.1. The summed E-state index contributed by atoms with van der Waals surface area (Å²) >= 11 is 1.86. The normalized spacial score (nSPS) is 13.2. The van der Waals surface area contributed by atoms with Crippen LogP contribution in [0.15, 0.2) is 176 Å². The van der Waals surface area contributed by atoms with Crippen LogP contribution in [0.25, 0.3) is 74.7 Å². The Morgan fingerprint density at radius 3 is 1.60 bits per heavy atom. The van der Waals surface area contributed by atoms with Crippen molar-refractivity contribution >= 4 is 80.9 Å². The molecule has 1 nitrogen and oxygen atoms in total. The predicted molar refractivity (Wildman–Crippen MR) is 230 cm³/mol. The molecule has 0 aliphatic heterocycles. The highest BCUT2D eigenvalue weighted by Crippen LogP contribution is 2.50.